The number of hydrogen-bond donors (Lipinski definition) is 1. The van der Waals surface area contributed by atoms with Crippen molar-refractivity contribution in [3.63, 3.8) is 0 Å². The summed E-state index contributed by atoms with van der Waals surface area (Å²) in [5.74, 6) is -0.0399. The molecule has 0 unspecified atom stereocenters. The highest BCUT2D eigenvalue weighted by Gasteiger charge is 2.01. The maximum absolute atomic E-state index is 13.0. The second-order valence-corrected chi connectivity index (χ2v) is 4.46. The van der Waals surface area contributed by atoms with Crippen LogP contribution < -0.4 is 5.43 Å². The van der Waals surface area contributed by atoms with Crippen molar-refractivity contribution < 1.29 is 4.39 Å². The molecular weight excluding hydrogens is 281 g/mol. The van der Waals surface area contributed by atoms with Gasteiger partial charge in [-0.25, -0.2) is 14.8 Å². The molecule has 1 aromatic heterocycles. The quantitative estimate of drug-likeness (QED) is 0.593. The maximum atomic E-state index is 13.0. The molecular formula is C16H12FN5. The van der Waals surface area contributed by atoms with Crippen molar-refractivity contribution >= 4 is 12.2 Å². The first kappa shape index (κ1) is 13.8. The second-order valence-electron chi connectivity index (χ2n) is 4.46. The zero-order valence-corrected chi connectivity index (χ0v) is 11.5. The summed E-state index contributed by atoms with van der Waals surface area (Å²) in [7, 11) is 0. The van der Waals surface area contributed by atoms with Crippen LogP contribution in [0.4, 0.5) is 10.3 Å². The van der Waals surface area contributed by atoms with Gasteiger partial charge in [0, 0.05) is 5.56 Å². The van der Waals surface area contributed by atoms with E-state index in [9.17, 15) is 4.39 Å². The number of rotatable bonds is 4. The zero-order valence-electron chi connectivity index (χ0n) is 11.5. The fourth-order valence-electron chi connectivity index (χ4n) is 1.85. The molecule has 0 radical (unpaired) electrons. The van der Waals surface area contributed by atoms with E-state index in [1.165, 1.54) is 18.3 Å². The Kier molecular flexibility index (Phi) is 4.10. The number of hydrogen-bond acceptors (Lipinski definition) is 5. The molecule has 5 nitrogen and oxygen atoms in total. The molecule has 0 atom stereocenters. The average Bonchev–Trinajstić information content (AvgIpc) is 2.56. The minimum Gasteiger partial charge on any atom is -0.244 e. The van der Waals surface area contributed by atoms with Gasteiger partial charge < -0.3 is 0 Å². The van der Waals surface area contributed by atoms with Gasteiger partial charge in [-0.2, -0.15) is 10.2 Å². The molecule has 1 heterocycles. The minimum atomic E-state index is -0.312. The Morgan fingerprint density at radius 2 is 1.91 bits per heavy atom. The van der Waals surface area contributed by atoms with Crippen LogP contribution >= 0.6 is 0 Å². The van der Waals surface area contributed by atoms with Gasteiger partial charge >= 0.3 is 0 Å². The summed E-state index contributed by atoms with van der Waals surface area (Å²) >= 11 is 0. The molecule has 0 bridgehead atoms. The van der Waals surface area contributed by atoms with Gasteiger partial charge in [-0.1, -0.05) is 42.5 Å². The summed E-state index contributed by atoms with van der Waals surface area (Å²) in [6, 6.07) is 15.8. The predicted octanol–water partition coefficient (Wildman–Crippen LogP) is 3.12. The van der Waals surface area contributed by atoms with Gasteiger partial charge in [-0.3, -0.25) is 0 Å². The first-order valence-electron chi connectivity index (χ1n) is 6.61. The first-order valence-corrected chi connectivity index (χ1v) is 6.61. The Hall–Kier alpha value is -3.15. The van der Waals surface area contributed by atoms with Crippen molar-refractivity contribution in [2.75, 3.05) is 5.43 Å². The first-order chi connectivity index (χ1) is 10.8. The summed E-state index contributed by atoms with van der Waals surface area (Å²) in [5.41, 5.74) is 4.96. The fourth-order valence-corrected chi connectivity index (χ4v) is 1.85. The van der Waals surface area contributed by atoms with Crippen LogP contribution in [0.2, 0.25) is 0 Å². The number of nitrogens with zero attached hydrogens (tertiary/aromatic N) is 4. The number of hydrazone groups is 1. The number of halogens is 1. The highest BCUT2D eigenvalue weighted by atomic mass is 19.1. The number of aromatic nitrogens is 3. The van der Waals surface area contributed by atoms with Crippen LogP contribution in [0.25, 0.3) is 11.3 Å². The third-order valence-corrected chi connectivity index (χ3v) is 2.86. The van der Waals surface area contributed by atoms with Gasteiger partial charge in [0.05, 0.1) is 18.1 Å². The van der Waals surface area contributed by atoms with E-state index in [0.29, 0.717) is 11.3 Å². The van der Waals surface area contributed by atoms with Crippen LogP contribution in [0.5, 0.6) is 0 Å². The second kappa shape index (κ2) is 6.53. The molecule has 108 valence electrons. The largest absolute Gasteiger partial charge is 0.263 e. The van der Waals surface area contributed by atoms with Crippen molar-refractivity contribution in [3.05, 3.63) is 72.2 Å². The van der Waals surface area contributed by atoms with Gasteiger partial charge in [0.25, 0.3) is 5.95 Å². The van der Waals surface area contributed by atoms with E-state index >= 15 is 0 Å². The topological polar surface area (TPSA) is 63.1 Å². The van der Waals surface area contributed by atoms with Crippen LogP contribution in [0.15, 0.2) is 65.9 Å². The van der Waals surface area contributed by atoms with Crippen LogP contribution in [0.1, 0.15) is 5.56 Å². The SMILES string of the molecule is Fc1cccc(C=NNc2nncc(-c3ccccc3)n2)c1. The Balaban J connectivity index is 1.73. The summed E-state index contributed by atoms with van der Waals surface area (Å²) in [5, 5.41) is 11.7. The molecule has 22 heavy (non-hydrogen) atoms. The Morgan fingerprint density at radius 1 is 1.05 bits per heavy atom. The summed E-state index contributed by atoms with van der Waals surface area (Å²) in [6.07, 6.45) is 3.07. The fraction of sp³-hybridized carbons (Fsp3) is 0. The molecule has 0 saturated carbocycles. The smallest absolute Gasteiger partial charge is 0.244 e. The maximum Gasteiger partial charge on any atom is 0.263 e. The van der Waals surface area contributed by atoms with Crippen molar-refractivity contribution in [1.29, 1.82) is 0 Å². The molecule has 0 aliphatic heterocycles. The molecule has 0 aliphatic carbocycles. The summed E-state index contributed by atoms with van der Waals surface area (Å²) in [4.78, 5) is 4.32. The number of anilines is 1. The van der Waals surface area contributed by atoms with Gasteiger partial charge in [0.2, 0.25) is 0 Å². The van der Waals surface area contributed by atoms with Crippen LogP contribution in [0.3, 0.4) is 0 Å². The molecule has 0 aliphatic rings. The predicted molar refractivity (Wildman–Crippen MR) is 82.9 cm³/mol. The lowest BCUT2D eigenvalue weighted by atomic mass is 10.2. The molecule has 1 N–H and O–H groups in total. The third-order valence-electron chi connectivity index (χ3n) is 2.86. The summed E-state index contributed by atoms with van der Waals surface area (Å²) < 4.78 is 13.0. The van der Waals surface area contributed by atoms with E-state index < -0.39 is 0 Å². The highest BCUT2D eigenvalue weighted by Crippen LogP contribution is 2.15. The van der Waals surface area contributed by atoms with Crippen molar-refractivity contribution in [2.24, 2.45) is 5.10 Å². The summed E-state index contributed by atoms with van der Waals surface area (Å²) in [6.45, 7) is 0. The van der Waals surface area contributed by atoms with Crippen LogP contribution in [0, 0.1) is 5.82 Å². The Labute approximate surface area is 126 Å². The third kappa shape index (κ3) is 3.49. The van der Waals surface area contributed by atoms with E-state index in [1.807, 2.05) is 30.3 Å². The van der Waals surface area contributed by atoms with Gasteiger partial charge in [-0.05, 0) is 17.7 Å². The molecule has 0 spiro atoms. The Morgan fingerprint density at radius 3 is 2.73 bits per heavy atom. The van der Waals surface area contributed by atoms with E-state index in [4.69, 9.17) is 0 Å². The molecule has 0 saturated heterocycles. The van der Waals surface area contributed by atoms with Crippen LogP contribution in [-0.4, -0.2) is 21.4 Å². The lowest BCUT2D eigenvalue weighted by Crippen LogP contribution is -2.00. The average molecular weight is 293 g/mol. The lowest BCUT2D eigenvalue weighted by molar-refractivity contribution is 0.627. The molecule has 0 amide bonds. The zero-order chi connectivity index (χ0) is 15.2. The number of nitrogens with one attached hydrogen (secondary N) is 1. The van der Waals surface area contributed by atoms with E-state index in [2.05, 4.69) is 25.7 Å². The molecule has 2 aromatic carbocycles. The van der Waals surface area contributed by atoms with E-state index in [1.54, 1.807) is 18.3 Å². The molecule has 6 heteroatoms. The molecule has 0 fully saturated rings. The monoisotopic (exact) mass is 293 g/mol. The Bertz CT molecular complexity index is 789. The van der Waals surface area contributed by atoms with Gasteiger partial charge in [0.1, 0.15) is 5.82 Å². The van der Waals surface area contributed by atoms with Crippen molar-refractivity contribution in [1.82, 2.24) is 15.2 Å². The van der Waals surface area contributed by atoms with Crippen molar-refractivity contribution in [2.45, 2.75) is 0 Å². The van der Waals surface area contributed by atoms with E-state index in [0.717, 1.165) is 5.56 Å². The van der Waals surface area contributed by atoms with Gasteiger partial charge in [-0.15, -0.1) is 5.10 Å². The normalized spacial score (nSPS) is 10.8. The van der Waals surface area contributed by atoms with Crippen molar-refractivity contribution in [3.8, 4) is 11.3 Å². The highest BCUT2D eigenvalue weighted by molar-refractivity contribution is 5.79. The standard InChI is InChI=1S/C16H12FN5/c17-14-8-4-5-12(9-14)10-18-21-16-20-15(11-19-22-16)13-6-2-1-3-7-13/h1-11H,(H,20,21,22). The van der Waals surface area contributed by atoms with E-state index in [-0.39, 0.29) is 11.8 Å². The molecule has 3 aromatic rings. The lowest BCUT2D eigenvalue weighted by Gasteiger charge is -2.01. The van der Waals surface area contributed by atoms with Gasteiger partial charge in [0.15, 0.2) is 0 Å². The minimum absolute atomic E-state index is 0.272. The van der Waals surface area contributed by atoms with Crippen LogP contribution in [-0.2, 0) is 0 Å². The molecule has 3 rings (SSSR count). The number of benzene rings is 2.